The minimum absolute atomic E-state index is 0.0324. The van der Waals surface area contributed by atoms with Crippen molar-refractivity contribution in [3.63, 3.8) is 0 Å². The molecular weight excluding hydrogens is 695 g/mol. The van der Waals surface area contributed by atoms with E-state index in [1.165, 1.54) is 12.1 Å². The summed E-state index contributed by atoms with van der Waals surface area (Å²) in [4.78, 5) is 32.3. The summed E-state index contributed by atoms with van der Waals surface area (Å²) in [6, 6.07) is 4.90. The number of carbonyl (C=O) groups excluding carboxylic acids is 1. The third-order valence-corrected chi connectivity index (χ3v) is 9.64. The van der Waals surface area contributed by atoms with Gasteiger partial charge in [-0.3, -0.25) is 9.79 Å². The molecule has 6 rings (SSSR count). The van der Waals surface area contributed by atoms with Crippen LogP contribution in [0.15, 0.2) is 24.3 Å². The maximum Gasteiger partial charge on any atom is 0.525 e. The number of aldehydes is 1. The van der Waals surface area contributed by atoms with Crippen LogP contribution in [0.3, 0.4) is 0 Å². The first-order chi connectivity index (χ1) is 23.6. The second-order valence-corrected chi connectivity index (χ2v) is 13.1. The van der Waals surface area contributed by atoms with E-state index in [9.17, 15) is 44.7 Å². The highest BCUT2D eigenvalue weighted by Gasteiger charge is 2.62. The van der Waals surface area contributed by atoms with Gasteiger partial charge in [-0.1, -0.05) is 0 Å². The van der Waals surface area contributed by atoms with Crippen LogP contribution in [-0.2, 0) is 38.6 Å². The Kier molecular flexibility index (Phi) is 9.85. The summed E-state index contributed by atoms with van der Waals surface area (Å²) < 4.78 is 66.6. The van der Waals surface area contributed by atoms with E-state index in [2.05, 4.69) is 0 Å². The van der Waals surface area contributed by atoms with E-state index in [1.807, 2.05) is 0 Å². The van der Waals surface area contributed by atoms with Gasteiger partial charge in [0.05, 0.1) is 38.8 Å². The number of phosphoric acid groups is 1. The molecule has 276 valence electrons. The van der Waals surface area contributed by atoms with Gasteiger partial charge in [-0.2, -0.15) is 0 Å². The molecule has 19 nitrogen and oxygen atoms in total. The van der Waals surface area contributed by atoms with Gasteiger partial charge in [0.15, 0.2) is 35.6 Å². The van der Waals surface area contributed by atoms with Crippen molar-refractivity contribution in [1.82, 2.24) is 0 Å². The van der Waals surface area contributed by atoms with Gasteiger partial charge in [0.25, 0.3) is 5.97 Å². The Balaban J connectivity index is 1.55. The van der Waals surface area contributed by atoms with Gasteiger partial charge >= 0.3 is 7.82 Å². The fraction of sp³-hybridized carbons (Fsp3) is 0.567. The number of aliphatic hydroxyl groups is 5. The second-order valence-electron chi connectivity index (χ2n) is 12.0. The van der Waals surface area contributed by atoms with Crippen LogP contribution in [0.4, 0.5) is 0 Å². The SMILES string of the molecule is COc1cc(C2(O)c3cc4c(cc3C(OC3OC5COC(C)OC5C(O)C3O)C(C(O)(O)OC)C2C=O)OCO4)cc(OC)c1OP(=O)(O)O. The minimum Gasteiger partial charge on any atom is -0.493 e. The van der Waals surface area contributed by atoms with E-state index in [4.69, 9.17) is 47.2 Å². The second kappa shape index (κ2) is 13.4. The maximum absolute atomic E-state index is 13.2. The lowest BCUT2D eigenvalue weighted by molar-refractivity contribution is -0.402. The zero-order chi connectivity index (χ0) is 36.3. The largest absolute Gasteiger partial charge is 0.525 e. The standard InChI is InChI=1S/C30H37O19P/c1-12-43-10-21-27(46-12)23(32)24(33)28(47-21)48-25-14-7-17-18(45-11-44-17)8-15(14)29(34,16(9-31)22(25)30(35,36)42-4)13-5-19(40-2)26(20(6-13)41-3)49-50(37,38)39/h5-9,12,16,21-25,27-28,32-36H,10-11H2,1-4H3,(H2,37,38,39). The summed E-state index contributed by atoms with van der Waals surface area (Å²) in [6.07, 6.45) is -9.08. The fourth-order valence-electron chi connectivity index (χ4n) is 6.87. The summed E-state index contributed by atoms with van der Waals surface area (Å²) in [5.74, 6) is -8.09. The molecule has 3 heterocycles. The van der Waals surface area contributed by atoms with Crippen molar-refractivity contribution < 1.29 is 91.8 Å². The number of methoxy groups -OCH3 is 3. The van der Waals surface area contributed by atoms with Gasteiger partial charge in [-0.25, -0.2) is 4.57 Å². The van der Waals surface area contributed by atoms with E-state index in [0.717, 1.165) is 33.5 Å². The predicted molar refractivity (Wildman–Crippen MR) is 160 cm³/mol. The number of rotatable bonds is 10. The van der Waals surface area contributed by atoms with Gasteiger partial charge in [-0.05, 0) is 47.9 Å². The lowest BCUT2D eigenvalue weighted by Crippen LogP contribution is -2.64. The Morgan fingerprint density at radius 1 is 0.980 bits per heavy atom. The molecule has 2 aromatic carbocycles. The smallest absolute Gasteiger partial charge is 0.493 e. The van der Waals surface area contributed by atoms with Crippen molar-refractivity contribution >= 4 is 14.1 Å². The molecule has 10 atom stereocenters. The van der Waals surface area contributed by atoms with E-state index in [0.29, 0.717) is 0 Å². The Morgan fingerprint density at radius 3 is 2.20 bits per heavy atom. The molecule has 2 fully saturated rings. The highest BCUT2D eigenvalue weighted by molar-refractivity contribution is 7.46. The van der Waals surface area contributed by atoms with Gasteiger partial charge in [-0.15, -0.1) is 0 Å². The molecular formula is C30H37O19P. The summed E-state index contributed by atoms with van der Waals surface area (Å²) in [5.41, 5.74) is -2.93. The summed E-state index contributed by atoms with van der Waals surface area (Å²) in [7, 11) is -1.97. The zero-order valence-electron chi connectivity index (χ0n) is 27.0. The van der Waals surface area contributed by atoms with Crippen molar-refractivity contribution in [2.45, 2.75) is 61.6 Å². The number of carbonyl (C=O) groups is 1. The summed E-state index contributed by atoms with van der Waals surface area (Å²) >= 11 is 0. The third kappa shape index (κ3) is 6.21. The first-order valence-electron chi connectivity index (χ1n) is 15.1. The summed E-state index contributed by atoms with van der Waals surface area (Å²) in [6.45, 7) is 1.31. The number of ether oxygens (including phenoxy) is 9. The average molecular weight is 733 g/mol. The van der Waals surface area contributed by atoms with E-state index in [-0.39, 0.29) is 59.4 Å². The topological polar surface area (TPSA) is 268 Å². The molecule has 10 unspecified atom stereocenters. The van der Waals surface area contributed by atoms with E-state index >= 15 is 0 Å². The van der Waals surface area contributed by atoms with Gasteiger partial charge in [0.1, 0.15) is 36.3 Å². The minimum atomic E-state index is -5.17. The number of fused-ring (bicyclic) bond motifs is 3. The highest BCUT2D eigenvalue weighted by atomic mass is 31.2. The van der Waals surface area contributed by atoms with E-state index < -0.39 is 80.1 Å². The molecule has 0 spiro atoms. The highest BCUT2D eigenvalue weighted by Crippen LogP contribution is 2.59. The Morgan fingerprint density at radius 2 is 1.62 bits per heavy atom. The molecule has 7 N–H and O–H groups in total. The van der Waals surface area contributed by atoms with Crippen LogP contribution < -0.4 is 23.5 Å². The normalized spacial score (nSPS) is 33.6. The number of aliphatic hydroxyl groups excluding tert-OH is 2. The molecule has 1 aliphatic carbocycles. The molecule has 0 bridgehead atoms. The monoisotopic (exact) mass is 732 g/mol. The Hall–Kier alpha value is -3.14. The van der Waals surface area contributed by atoms with Crippen LogP contribution in [-0.4, -0.2) is 119 Å². The first-order valence-corrected chi connectivity index (χ1v) is 16.7. The van der Waals surface area contributed by atoms with Gasteiger partial charge in [0, 0.05) is 7.11 Å². The van der Waals surface area contributed by atoms with Crippen LogP contribution in [0.5, 0.6) is 28.7 Å². The van der Waals surface area contributed by atoms with Crippen molar-refractivity contribution in [2.75, 3.05) is 34.7 Å². The van der Waals surface area contributed by atoms with Crippen molar-refractivity contribution in [3.8, 4) is 28.7 Å². The molecule has 2 saturated heterocycles. The lowest BCUT2D eigenvalue weighted by Gasteiger charge is -2.52. The van der Waals surface area contributed by atoms with E-state index in [1.54, 1.807) is 6.92 Å². The zero-order valence-corrected chi connectivity index (χ0v) is 27.9. The summed E-state index contributed by atoms with van der Waals surface area (Å²) in [5, 5.41) is 57.6. The average Bonchev–Trinajstić information content (AvgIpc) is 3.54. The van der Waals surface area contributed by atoms with Gasteiger partial charge in [0.2, 0.25) is 12.5 Å². The van der Waals surface area contributed by atoms with Crippen molar-refractivity contribution in [2.24, 2.45) is 11.8 Å². The van der Waals surface area contributed by atoms with Crippen LogP contribution in [0, 0.1) is 11.8 Å². The molecule has 0 saturated carbocycles. The van der Waals surface area contributed by atoms with Gasteiger partial charge < -0.3 is 77.5 Å². The molecule has 0 radical (unpaired) electrons. The predicted octanol–water partition coefficient (Wildman–Crippen LogP) is -0.865. The Bertz CT molecular complexity index is 1620. The van der Waals surface area contributed by atoms with Crippen LogP contribution in [0.1, 0.15) is 29.7 Å². The van der Waals surface area contributed by atoms with Crippen molar-refractivity contribution in [3.05, 3.63) is 41.0 Å². The third-order valence-electron chi connectivity index (χ3n) is 9.21. The number of phosphoric ester groups is 1. The fourth-order valence-corrected chi connectivity index (χ4v) is 7.28. The van der Waals surface area contributed by atoms with Crippen LogP contribution >= 0.6 is 7.82 Å². The molecule has 0 amide bonds. The molecule has 20 heteroatoms. The molecule has 50 heavy (non-hydrogen) atoms. The number of benzene rings is 2. The molecule has 3 aliphatic heterocycles. The Labute approximate surface area is 283 Å². The maximum atomic E-state index is 13.2. The molecule has 4 aliphatic rings. The van der Waals surface area contributed by atoms with Crippen molar-refractivity contribution in [1.29, 1.82) is 0 Å². The molecule has 2 aromatic rings. The quantitative estimate of drug-likeness (QED) is 0.0889. The lowest BCUT2D eigenvalue weighted by atomic mass is 9.61. The number of hydrogen-bond acceptors (Lipinski definition) is 17. The van der Waals surface area contributed by atoms with Crippen LogP contribution in [0.25, 0.3) is 0 Å². The van der Waals surface area contributed by atoms with Crippen LogP contribution in [0.2, 0.25) is 0 Å². The first kappa shape index (κ1) is 36.6. The molecule has 0 aromatic heterocycles. The number of hydrogen-bond donors (Lipinski definition) is 7.